The SMILES string of the molecule is CC[C@H](c1nnc(S[C@@H](C)C(=O)NC2CC2)o1)[NH+](C)C. The van der Waals surface area contributed by atoms with Crippen LogP contribution in [0, 0.1) is 0 Å². The Balaban J connectivity index is 1.92. The molecule has 0 radical (unpaired) electrons. The molecule has 0 spiro atoms. The molecule has 2 N–H and O–H groups in total. The summed E-state index contributed by atoms with van der Waals surface area (Å²) in [5.74, 6) is 0.687. The Bertz CT molecular complexity index is 459. The first kappa shape index (κ1) is 15.3. The number of quaternary nitrogens is 1. The zero-order valence-electron chi connectivity index (χ0n) is 12.5. The quantitative estimate of drug-likeness (QED) is 0.714. The van der Waals surface area contributed by atoms with Crippen LogP contribution in [-0.4, -0.2) is 41.5 Å². The average molecular weight is 299 g/mol. The predicted molar refractivity (Wildman–Crippen MR) is 76.6 cm³/mol. The van der Waals surface area contributed by atoms with Crippen molar-refractivity contribution in [3.05, 3.63) is 5.89 Å². The number of rotatable bonds is 7. The van der Waals surface area contributed by atoms with E-state index in [2.05, 4.69) is 36.5 Å². The number of aromatic nitrogens is 2. The van der Waals surface area contributed by atoms with Crippen molar-refractivity contribution in [3.63, 3.8) is 0 Å². The minimum absolute atomic E-state index is 0.0440. The molecule has 2 atom stereocenters. The molecule has 2 rings (SSSR count). The lowest BCUT2D eigenvalue weighted by Gasteiger charge is -2.15. The highest BCUT2D eigenvalue weighted by Crippen LogP contribution is 2.25. The smallest absolute Gasteiger partial charge is 0.277 e. The first-order valence-electron chi connectivity index (χ1n) is 7.11. The van der Waals surface area contributed by atoms with E-state index in [1.165, 1.54) is 16.7 Å². The molecule has 0 unspecified atom stereocenters. The van der Waals surface area contributed by atoms with Crippen LogP contribution < -0.4 is 10.2 Å². The molecular weight excluding hydrogens is 276 g/mol. The number of hydrogen-bond donors (Lipinski definition) is 2. The normalized spacial score (nSPS) is 18.1. The van der Waals surface area contributed by atoms with Crippen LogP contribution in [0.15, 0.2) is 9.64 Å². The van der Waals surface area contributed by atoms with Gasteiger partial charge in [0.25, 0.3) is 11.1 Å². The van der Waals surface area contributed by atoms with Gasteiger partial charge in [0.2, 0.25) is 5.91 Å². The van der Waals surface area contributed by atoms with Gasteiger partial charge in [0.1, 0.15) is 0 Å². The number of thioether (sulfide) groups is 1. The molecule has 1 saturated carbocycles. The van der Waals surface area contributed by atoms with Crippen molar-refractivity contribution in [2.45, 2.75) is 55.7 Å². The molecule has 1 aliphatic rings. The minimum atomic E-state index is -0.212. The number of hydrogen-bond acceptors (Lipinski definition) is 5. The van der Waals surface area contributed by atoms with Gasteiger partial charge in [-0.05, 0) is 19.8 Å². The van der Waals surface area contributed by atoms with Crippen LogP contribution in [0.3, 0.4) is 0 Å². The third-order valence-corrected chi connectivity index (χ3v) is 4.33. The van der Waals surface area contributed by atoms with Crippen molar-refractivity contribution in [2.75, 3.05) is 14.1 Å². The van der Waals surface area contributed by atoms with E-state index in [-0.39, 0.29) is 17.2 Å². The second-order valence-electron chi connectivity index (χ2n) is 5.49. The maximum absolute atomic E-state index is 11.9. The lowest BCUT2D eigenvalue weighted by molar-refractivity contribution is -0.894. The van der Waals surface area contributed by atoms with Gasteiger partial charge in [-0.15, -0.1) is 10.2 Å². The molecule has 0 saturated heterocycles. The molecule has 1 fully saturated rings. The maximum Gasteiger partial charge on any atom is 0.277 e. The van der Waals surface area contributed by atoms with Crippen molar-refractivity contribution in [3.8, 4) is 0 Å². The van der Waals surface area contributed by atoms with E-state index in [1.54, 1.807) is 0 Å². The summed E-state index contributed by atoms with van der Waals surface area (Å²) < 4.78 is 5.68. The summed E-state index contributed by atoms with van der Waals surface area (Å²) in [4.78, 5) is 13.1. The summed E-state index contributed by atoms with van der Waals surface area (Å²) >= 11 is 1.32. The van der Waals surface area contributed by atoms with E-state index in [1.807, 2.05) is 6.92 Å². The molecule has 1 aromatic rings. The number of nitrogens with one attached hydrogen (secondary N) is 2. The summed E-state index contributed by atoms with van der Waals surface area (Å²) in [5, 5.41) is 11.4. The number of carbonyl (C=O) groups excluding carboxylic acids is 1. The Hall–Kier alpha value is -1.08. The Kier molecular flexibility index (Phi) is 5.04. The molecule has 0 aliphatic heterocycles. The highest BCUT2D eigenvalue weighted by atomic mass is 32.2. The van der Waals surface area contributed by atoms with Crippen LogP contribution in [-0.2, 0) is 4.79 Å². The van der Waals surface area contributed by atoms with Gasteiger partial charge < -0.3 is 14.6 Å². The lowest BCUT2D eigenvalue weighted by Crippen LogP contribution is -3.06. The Morgan fingerprint density at radius 2 is 2.20 bits per heavy atom. The van der Waals surface area contributed by atoms with Gasteiger partial charge in [-0.25, -0.2) is 0 Å². The molecule has 6 nitrogen and oxygen atoms in total. The second kappa shape index (κ2) is 6.58. The van der Waals surface area contributed by atoms with Crippen LogP contribution in [0.25, 0.3) is 0 Å². The summed E-state index contributed by atoms with van der Waals surface area (Å²) in [7, 11) is 4.13. The van der Waals surface area contributed by atoms with E-state index in [0.29, 0.717) is 17.2 Å². The number of amides is 1. The van der Waals surface area contributed by atoms with Gasteiger partial charge in [-0.2, -0.15) is 0 Å². The molecule has 1 amide bonds. The van der Waals surface area contributed by atoms with Crippen molar-refractivity contribution >= 4 is 17.7 Å². The highest BCUT2D eigenvalue weighted by Gasteiger charge is 2.28. The van der Waals surface area contributed by atoms with E-state index in [9.17, 15) is 4.79 Å². The lowest BCUT2D eigenvalue weighted by atomic mass is 10.2. The van der Waals surface area contributed by atoms with Gasteiger partial charge in [0, 0.05) is 12.5 Å². The summed E-state index contributed by atoms with van der Waals surface area (Å²) in [6, 6.07) is 0.582. The zero-order chi connectivity index (χ0) is 14.7. The van der Waals surface area contributed by atoms with Crippen LogP contribution in [0.2, 0.25) is 0 Å². The molecule has 112 valence electrons. The molecule has 1 aliphatic carbocycles. The summed E-state index contributed by atoms with van der Waals surface area (Å²) in [5.41, 5.74) is 0. The third-order valence-electron chi connectivity index (χ3n) is 3.40. The van der Waals surface area contributed by atoms with Gasteiger partial charge in [-0.3, -0.25) is 4.79 Å². The monoisotopic (exact) mass is 299 g/mol. The first-order valence-corrected chi connectivity index (χ1v) is 7.99. The molecular formula is C13H23N4O2S+. The fraction of sp³-hybridized carbons (Fsp3) is 0.769. The average Bonchev–Trinajstić information content (AvgIpc) is 3.09. The summed E-state index contributed by atoms with van der Waals surface area (Å²) in [6.45, 7) is 3.96. The van der Waals surface area contributed by atoms with E-state index < -0.39 is 0 Å². The third kappa shape index (κ3) is 3.96. The molecule has 1 aromatic heterocycles. The fourth-order valence-electron chi connectivity index (χ4n) is 1.99. The largest absolute Gasteiger partial charge is 0.410 e. The van der Waals surface area contributed by atoms with Crippen molar-refractivity contribution in [2.24, 2.45) is 0 Å². The van der Waals surface area contributed by atoms with Gasteiger partial charge in [0.05, 0.1) is 19.3 Å². The van der Waals surface area contributed by atoms with Crippen LogP contribution >= 0.6 is 11.8 Å². The predicted octanol–water partition coefficient (Wildman–Crippen LogP) is 0.424. The van der Waals surface area contributed by atoms with E-state index >= 15 is 0 Å². The van der Waals surface area contributed by atoms with Gasteiger partial charge in [-0.1, -0.05) is 18.7 Å². The molecule has 0 bridgehead atoms. The number of carbonyl (C=O) groups is 1. The van der Waals surface area contributed by atoms with Gasteiger partial charge >= 0.3 is 0 Å². The second-order valence-corrected chi connectivity index (χ2v) is 6.78. The van der Waals surface area contributed by atoms with Crippen LogP contribution in [0.4, 0.5) is 0 Å². The summed E-state index contributed by atoms with van der Waals surface area (Å²) in [6.07, 6.45) is 3.13. The van der Waals surface area contributed by atoms with Crippen LogP contribution in [0.5, 0.6) is 0 Å². The first-order chi connectivity index (χ1) is 9.51. The topological polar surface area (TPSA) is 72.5 Å². The van der Waals surface area contributed by atoms with Crippen LogP contribution in [0.1, 0.15) is 45.0 Å². The Morgan fingerprint density at radius 3 is 2.75 bits per heavy atom. The Labute approximate surface area is 123 Å². The zero-order valence-corrected chi connectivity index (χ0v) is 13.3. The maximum atomic E-state index is 11.9. The van der Waals surface area contributed by atoms with Gasteiger partial charge in [0.15, 0.2) is 6.04 Å². The Morgan fingerprint density at radius 1 is 1.50 bits per heavy atom. The molecule has 7 heteroatoms. The van der Waals surface area contributed by atoms with Crippen molar-refractivity contribution in [1.29, 1.82) is 0 Å². The van der Waals surface area contributed by atoms with Crippen molar-refractivity contribution in [1.82, 2.24) is 15.5 Å². The highest BCUT2D eigenvalue weighted by molar-refractivity contribution is 8.00. The number of nitrogens with zero attached hydrogens (tertiary/aromatic N) is 2. The molecule has 1 heterocycles. The van der Waals surface area contributed by atoms with E-state index in [0.717, 1.165) is 19.3 Å². The minimum Gasteiger partial charge on any atom is -0.410 e. The standard InChI is InChI=1S/C13H22N4O2S/c1-5-10(17(3)4)12-15-16-13(19-12)20-8(2)11(18)14-9-6-7-9/h8-10H,5-7H2,1-4H3,(H,14,18)/p+1/t8-,10+/m0/s1. The molecule has 0 aromatic carbocycles. The fourth-order valence-corrected chi connectivity index (χ4v) is 2.69. The van der Waals surface area contributed by atoms with Crippen molar-refractivity contribution < 1.29 is 14.1 Å². The molecule has 20 heavy (non-hydrogen) atoms. The van der Waals surface area contributed by atoms with E-state index in [4.69, 9.17) is 4.42 Å².